The first-order chi connectivity index (χ1) is 20.4. The molecule has 0 unspecified atom stereocenters. The van der Waals surface area contributed by atoms with Crippen LogP contribution in [0.4, 0.5) is 23.1 Å². The lowest BCUT2D eigenvalue weighted by Crippen LogP contribution is -2.37. The number of rotatable bonds is 10. The second-order valence-electron chi connectivity index (χ2n) is 12.3. The van der Waals surface area contributed by atoms with Gasteiger partial charge in [0.15, 0.2) is 15.6 Å². The van der Waals surface area contributed by atoms with Crippen molar-refractivity contribution in [1.29, 1.82) is 0 Å². The number of nitrogens with zero attached hydrogens (tertiary/aromatic N) is 2. The molecule has 1 aliphatic rings. The summed E-state index contributed by atoms with van der Waals surface area (Å²) in [5, 5.41) is 7.02. The van der Waals surface area contributed by atoms with Crippen molar-refractivity contribution >= 4 is 44.0 Å². The van der Waals surface area contributed by atoms with Crippen LogP contribution >= 0.6 is 0 Å². The first-order valence-corrected chi connectivity index (χ1v) is 16.8. The van der Waals surface area contributed by atoms with Crippen LogP contribution in [0, 0.1) is 6.92 Å². The Hall–Kier alpha value is -3.63. The van der Waals surface area contributed by atoms with Gasteiger partial charge in [-0.25, -0.2) is 13.4 Å². The Morgan fingerprint density at radius 1 is 1.00 bits per heavy atom. The van der Waals surface area contributed by atoms with Crippen LogP contribution in [-0.4, -0.2) is 53.8 Å². The smallest absolute Gasteiger partial charge is 0.351 e. The summed E-state index contributed by atoms with van der Waals surface area (Å²) in [6.45, 7) is 16.4. The number of likely N-dealkylation sites (tertiary alicyclic amines) is 1. The fraction of sp³-hybridized carbons (Fsp3) is 0.455. The highest BCUT2D eigenvalue weighted by Gasteiger charge is 2.27. The van der Waals surface area contributed by atoms with Crippen LogP contribution in [0.1, 0.15) is 71.4 Å². The van der Waals surface area contributed by atoms with Gasteiger partial charge in [0, 0.05) is 12.2 Å². The van der Waals surface area contributed by atoms with Gasteiger partial charge >= 0.3 is 5.95 Å². The van der Waals surface area contributed by atoms with Crippen LogP contribution in [-0.2, 0) is 9.84 Å². The average molecular weight is 606 g/mol. The molecule has 2 aromatic heterocycles. The van der Waals surface area contributed by atoms with E-state index < -0.39 is 15.1 Å². The van der Waals surface area contributed by atoms with Crippen LogP contribution in [0.15, 0.2) is 53.6 Å². The van der Waals surface area contributed by atoms with Crippen LogP contribution in [0.3, 0.4) is 0 Å². The number of hydrogen-bond acceptors (Lipinski definition) is 7. The number of piperidine rings is 1. The Morgan fingerprint density at radius 2 is 1.72 bits per heavy atom. The normalized spacial score (nSPS) is 15.1. The standard InChI is InChI=1S/C33H44N6O3S/c1-20(2)39-16-13-24(14-17-39)26-19-29(42-21(3)4)28(18-23(26)7)36-33-37-31-25(12-15-34-31)32(38-33)35-27-10-8-9-11-30(27)43(40,41)22(5)6/h8-12,15,18-22,24H,13-14,16-17H2,1-7H3,(H3,34,35,36,37,38)/p+1. The lowest BCUT2D eigenvalue weighted by molar-refractivity contribution is -0.333. The zero-order valence-electron chi connectivity index (χ0n) is 26.3. The van der Waals surface area contributed by atoms with Gasteiger partial charge in [0.2, 0.25) is 11.5 Å². The summed E-state index contributed by atoms with van der Waals surface area (Å²) in [6.07, 6.45) is 4.09. The van der Waals surface area contributed by atoms with Crippen LogP contribution in [0.2, 0.25) is 0 Å². The van der Waals surface area contributed by atoms with E-state index in [1.807, 2.05) is 32.2 Å². The second kappa shape index (κ2) is 12.5. The largest absolute Gasteiger partial charge is 0.488 e. The van der Waals surface area contributed by atoms with Gasteiger partial charge in [0.1, 0.15) is 5.69 Å². The first kappa shape index (κ1) is 30.8. The summed E-state index contributed by atoms with van der Waals surface area (Å²) in [6, 6.07) is 13.8. The minimum absolute atomic E-state index is 0.00152. The molecule has 10 heteroatoms. The fourth-order valence-corrected chi connectivity index (χ4v) is 6.99. The van der Waals surface area contributed by atoms with Crippen molar-refractivity contribution in [2.45, 2.75) is 89.5 Å². The Morgan fingerprint density at radius 3 is 2.40 bits per heavy atom. The zero-order valence-corrected chi connectivity index (χ0v) is 27.1. The maximum atomic E-state index is 13.1. The number of aromatic nitrogens is 3. The highest BCUT2D eigenvalue weighted by Crippen LogP contribution is 2.38. The van der Waals surface area contributed by atoms with Gasteiger partial charge in [-0.05, 0) is 122 Å². The molecule has 43 heavy (non-hydrogen) atoms. The van der Waals surface area contributed by atoms with Gasteiger partial charge in [0.25, 0.3) is 0 Å². The van der Waals surface area contributed by atoms with Gasteiger partial charge in [-0.1, -0.05) is 17.1 Å². The maximum Gasteiger partial charge on any atom is 0.351 e. The molecule has 0 atom stereocenters. The van der Waals surface area contributed by atoms with Crippen molar-refractivity contribution in [2.24, 2.45) is 0 Å². The summed E-state index contributed by atoms with van der Waals surface area (Å²) in [4.78, 5) is 14.2. The molecule has 0 amide bonds. The molecule has 5 rings (SSSR count). The molecule has 1 fully saturated rings. The van der Waals surface area contributed by atoms with Gasteiger partial charge < -0.3 is 15.0 Å². The minimum Gasteiger partial charge on any atom is -0.488 e. The van der Waals surface area contributed by atoms with Gasteiger partial charge in [0.05, 0.1) is 27.3 Å². The van der Waals surface area contributed by atoms with E-state index in [4.69, 9.17) is 9.72 Å². The topological polar surface area (TPSA) is 113 Å². The molecule has 3 heterocycles. The third-order valence-electron chi connectivity index (χ3n) is 8.22. The van der Waals surface area contributed by atoms with Crippen molar-refractivity contribution in [1.82, 2.24) is 14.9 Å². The molecule has 0 bridgehead atoms. The number of ether oxygens (including phenoxy) is 1. The lowest BCUT2D eigenvalue weighted by atomic mass is 9.86. The second-order valence-corrected chi connectivity index (χ2v) is 14.8. The number of anilines is 4. The third-order valence-corrected chi connectivity index (χ3v) is 10.4. The van der Waals surface area contributed by atoms with E-state index in [1.54, 1.807) is 32.0 Å². The Kier molecular flexibility index (Phi) is 8.99. The SMILES string of the molecule is Cc1cc(Nc2nc(Nc3ccccc3S(=O)(=O)C(C)C)c3cc[nH]c3[nH+]2)c(OC(C)C)cc1C1CCN(C(C)C)CC1. The van der Waals surface area contributed by atoms with E-state index in [1.165, 1.54) is 11.1 Å². The van der Waals surface area contributed by atoms with Crippen LogP contribution < -0.4 is 20.4 Å². The third kappa shape index (κ3) is 6.65. The van der Waals surface area contributed by atoms with E-state index in [0.717, 1.165) is 48.4 Å². The number of sulfone groups is 1. The highest BCUT2D eigenvalue weighted by molar-refractivity contribution is 7.92. The maximum absolute atomic E-state index is 13.1. The summed E-state index contributed by atoms with van der Waals surface area (Å²) >= 11 is 0. The Labute approximate surface area is 255 Å². The summed E-state index contributed by atoms with van der Waals surface area (Å²) in [5.41, 5.74) is 4.61. The first-order valence-electron chi connectivity index (χ1n) is 15.3. The molecule has 4 N–H and O–H groups in total. The summed E-state index contributed by atoms with van der Waals surface area (Å²) in [5.74, 6) is 2.30. The van der Waals surface area contributed by atoms with E-state index in [-0.39, 0.29) is 11.0 Å². The van der Waals surface area contributed by atoms with E-state index in [2.05, 4.69) is 58.4 Å². The molecule has 9 nitrogen and oxygen atoms in total. The molecular weight excluding hydrogens is 560 g/mol. The minimum atomic E-state index is -3.51. The summed E-state index contributed by atoms with van der Waals surface area (Å²) in [7, 11) is -3.51. The molecule has 2 aromatic carbocycles. The van der Waals surface area contributed by atoms with Crippen molar-refractivity contribution < 1.29 is 18.1 Å². The molecule has 0 saturated carbocycles. The molecule has 1 saturated heterocycles. The van der Waals surface area contributed by atoms with Crippen molar-refractivity contribution in [3.05, 3.63) is 59.8 Å². The number of benzene rings is 2. The van der Waals surface area contributed by atoms with Crippen molar-refractivity contribution in [2.75, 3.05) is 23.7 Å². The van der Waals surface area contributed by atoms with Crippen molar-refractivity contribution in [3.63, 3.8) is 0 Å². The lowest BCUT2D eigenvalue weighted by Gasteiger charge is -2.35. The molecule has 0 spiro atoms. The number of hydrogen-bond donors (Lipinski definition) is 3. The predicted octanol–water partition coefficient (Wildman–Crippen LogP) is 6.73. The number of nitrogens with one attached hydrogen (secondary N) is 4. The Balaban J connectivity index is 1.49. The molecular formula is C33H45N6O3S+. The fourth-order valence-electron chi connectivity index (χ4n) is 5.79. The van der Waals surface area contributed by atoms with E-state index in [0.29, 0.717) is 29.4 Å². The molecule has 0 radical (unpaired) electrons. The molecule has 230 valence electrons. The zero-order chi connectivity index (χ0) is 30.9. The average Bonchev–Trinajstić information content (AvgIpc) is 3.43. The number of H-pyrrole nitrogens is 2. The highest BCUT2D eigenvalue weighted by atomic mass is 32.2. The van der Waals surface area contributed by atoms with Gasteiger partial charge in [-0.2, -0.15) is 0 Å². The van der Waals surface area contributed by atoms with E-state index >= 15 is 0 Å². The van der Waals surface area contributed by atoms with Gasteiger partial charge in [-0.15, -0.1) is 0 Å². The van der Waals surface area contributed by atoms with Crippen LogP contribution in [0.25, 0.3) is 11.0 Å². The molecule has 1 aliphatic heterocycles. The van der Waals surface area contributed by atoms with Crippen molar-refractivity contribution in [3.8, 4) is 5.75 Å². The summed E-state index contributed by atoms with van der Waals surface area (Å²) < 4.78 is 32.5. The molecule has 0 aliphatic carbocycles. The number of aromatic amines is 2. The predicted molar refractivity (Wildman–Crippen MR) is 174 cm³/mol. The number of fused-ring (bicyclic) bond motifs is 1. The van der Waals surface area contributed by atoms with Crippen LogP contribution in [0.5, 0.6) is 5.75 Å². The van der Waals surface area contributed by atoms with E-state index in [9.17, 15) is 8.42 Å². The monoisotopic (exact) mass is 605 g/mol. The number of para-hydroxylation sites is 1. The number of aryl methyl sites for hydroxylation is 1. The quantitative estimate of drug-likeness (QED) is 0.184. The molecule has 4 aromatic rings. The van der Waals surface area contributed by atoms with Gasteiger partial charge in [-0.3, -0.25) is 10.3 Å². The Bertz CT molecular complexity index is 1690.